The zero-order valence-electron chi connectivity index (χ0n) is 8.99. The van der Waals surface area contributed by atoms with E-state index in [-0.39, 0.29) is 0 Å². The Balaban J connectivity index is 3.67. The van der Waals surface area contributed by atoms with Gasteiger partial charge in [0.25, 0.3) is 0 Å². The summed E-state index contributed by atoms with van der Waals surface area (Å²) in [5.74, 6) is 0. The first-order chi connectivity index (χ1) is 6.76. The Morgan fingerprint density at radius 2 is 2.00 bits per heavy atom. The van der Waals surface area contributed by atoms with Gasteiger partial charge in [-0.05, 0) is 13.3 Å². The van der Waals surface area contributed by atoms with E-state index in [2.05, 4.69) is 6.92 Å². The number of ether oxygens (including phenoxy) is 1. The maximum Gasteiger partial charge on any atom is 0.416 e. The lowest BCUT2D eigenvalue weighted by molar-refractivity contribution is -0.116. The zero-order chi connectivity index (χ0) is 10.8. The number of unbranched alkanes of at least 4 members (excludes halogenated alkanes) is 3. The largest absolute Gasteiger partial charge is 0.449 e. The Bertz CT molecular complexity index is 171. The second-order valence-electron chi connectivity index (χ2n) is 3.06. The van der Waals surface area contributed by atoms with Crippen LogP contribution in [0.25, 0.3) is 0 Å². The van der Waals surface area contributed by atoms with E-state index in [9.17, 15) is 9.59 Å². The number of hydrogen-bond donors (Lipinski definition) is 0. The van der Waals surface area contributed by atoms with Gasteiger partial charge in [0.2, 0.25) is 6.41 Å². The normalized spacial score (nSPS) is 9.57. The molecule has 0 aromatic carbocycles. The molecule has 4 nitrogen and oxygen atoms in total. The number of rotatable bonds is 7. The summed E-state index contributed by atoms with van der Waals surface area (Å²) in [5, 5.41) is 0. The van der Waals surface area contributed by atoms with E-state index >= 15 is 0 Å². The molecule has 14 heavy (non-hydrogen) atoms. The van der Waals surface area contributed by atoms with Crippen LogP contribution in [0.4, 0.5) is 4.79 Å². The van der Waals surface area contributed by atoms with E-state index in [1.807, 2.05) is 0 Å². The minimum absolute atomic E-state index is 0.304. The van der Waals surface area contributed by atoms with Crippen LogP contribution in [0, 0.1) is 0 Å². The van der Waals surface area contributed by atoms with Crippen molar-refractivity contribution in [1.82, 2.24) is 4.90 Å². The molecule has 0 N–H and O–H groups in total. The number of hydrogen-bond acceptors (Lipinski definition) is 3. The molecule has 0 aromatic rings. The summed E-state index contributed by atoms with van der Waals surface area (Å²) >= 11 is 0. The molecule has 0 atom stereocenters. The Hall–Kier alpha value is -1.06. The molecule has 0 saturated carbocycles. The molecule has 0 bridgehead atoms. The van der Waals surface area contributed by atoms with Crippen LogP contribution in [-0.4, -0.2) is 30.6 Å². The van der Waals surface area contributed by atoms with Gasteiger partial charge in [0, 0.05) is 6.54 Å². The van der Waals surface area contributed by atoms with E-state index < -0.39 is 6.09 Å². The first-order valence-electron chi connectivity index (χ1n) is 5.14. The number of amides is 2. The third kappa shape index (κ3) is 5.56. The fourth-order valence-corrected chi connectivity index (χ4v) is 1.10. The van der Waals surface area contributed by atoms with Crippen LogP contribution in [-0.2, 0) is 9.53 Å². The topological polar surface area (TPSA) is 46.6 Å². The minimum atomic E-state index is -0.543. The van der Waals surface area contributed by atoms with Gasteiger partial charge < -0.3 is 4.74 Å². The molecule has 0 aromatic heterocycles. The van der Waals surface area contributed by atoms with E-state index in [0.717, 1.165) is 30.6 Å². The lowest BCUT2D eigenvalue weighted by Crippen LogP contribution is -2.31. The average Bonchev–Trinajstić information content (AvgIpc) is 2.18. The fourth-order valence-electron chi connectivity index (χ4n) is 1.10. The summed E-state index contributed by atoms with van der Waals surface area (Å²) < 4.78 is 4.71. The molecule has 0 fully saturated rings. The van der Waals surface area contributed by atoms with E-state index in [1.54, 1.807) is 6.92 Å². The van der Waals surface area contributed by atoms with Crippen molar-refractivity contribution in [3.8, 4) is 0 Å². The number of imide groups is 1. The van der Waals surface area contributed by atoms with Crippen LogP contribution in [0.5, 0.6) is 0 Å². The van der Waals surface area contributed by atoms with Crippen molar-refractivity contribution in [2.24, 2.45) is 0 Å². The molecule has 0 saturated heterocycles. The predicted molar refractivity (Wildman–Crippen MR) is 53.9 cm³/mol. The maximum absolute atomic E-state index is 11.1. The van der Waals surface area contributed by atoms with Crippen molar-refractivity contribution >= 4 is 12.5 Å². The van der Waals surface area contributed by atoms with Crippen molar-refractivity contribution < 1.29 is 14.3 Å². The molecule has 0 aliphatic heterocycles. The number of nitrogens with zero attached hydrogens (tertiary/aromatic N) is 1. The molecule has 4 heteroatoms. The van der Waals surface area contributed by atoms with Crippen molar-refractivity contribution in [3.05, 3.63) is 0 Å². The van der Waals surface area contributed by atoms with E-state index in [1.165, 1.54) is 0 Å². The average molecular weight is 201 g/mol. The Labute approximate surface area is 85.2 Å². The Kier molecular flexibility index (Phi) is 7.89. The highest BCUT2D eigenvalue weighted by Gasteiger charge is 2.11. The first-order valence-corrected chi connectivity index (χ1v) is 5.14. The zero-order valence-corrected chi connectivity index (χ0v) is 8.99. The lowest BCUT2D eigenvalue weighted by atomic mass is 10.2. The second kappa shape index (κ2) is 8.53. The van der Waals surface area contributed by atoms with Crippen molar-refractivity contribution in [3.63, 3.8) is 0 Å². The molecular formula is C10H19NO3. The van der Waals surface area contributed by atoms with Gasteiger partial charge in [-0.3, -0.25) is 9.69 Å². The number of carbonyl (C=O) groups is 2. The van der Waals surface area contributed by atoms with Crippen LogP contribution in [0.15, 0.2) is 0 Å². The highest BCUT2D eigenvalue weighted by atomic mass is 16.6. The molecule has 0 rings (SSSR count). The molecule has 0 aliphatic carbocycles. The Morgan fingerprint density at radius 3 is 2.50 bits per heavy atom. The highest BCUT2D eigenvalue weighted by molar-refractivity contribution is 5.80. The second-order valence-corrected chi connectivity index (χ2v) is 3.06. The smallest absolute Gasteiger partial charge is 0.416 e. The summed E-state index contributed by atoms with van der Waals surface area (Å²) in [7, 11) is 0. The van der Waals surface area contributed by atoms with Gasteiger partial charge in [0.05, 0.1) is 6.61 Å². The summed E-state index contributed by atoms with van der Waals surface area (Å²) in [5.41, 5.74) is 0. The van der Waals surface area contributed by atoms with Crippen molar-refractivity contribution in [1.29, 1.82) is 0 Å². The molecule has 0 radical (unpaired) electrons. The molecule has 0 heterocycles. The third-order valence-corrected chi connectivity index (χ3v) is 1.88. The van der Waals surface area contributed by atoms with Gasteiger partial charge in [-0.15, -0.1) is 0 Å². The van der Waals surface area contributed by atoms with Crippen LogP contribution in [0.2, 0.25) is 0 Å². The molecule has 0 unspecified atom stereocenters. The minimum Gasteiger partial charge on any atom is -0.449 e. The first kappa shape index (κ1) is 12.9. The summed E-state index contributed by atoms with van der Waals surface area (Å²) in [4.78, 5) is 22.7. The SMILES string of the molecule is CCCCCCN(C=O)C(=O)OCC. The lowest BCUT2D eigenvalue weighted by Gasteiger charge is -2.14. The molecule has 2 amide bonds. The van der Waals surface area contributed by atoms with Gasteiger partial charge in [-0.1, -0.05) is 26.2 Å². The standard InChI is InChI=1S/C10H19NO3/c1-3-5-6-7-8-11(9-12)10(13)14-4-2/h9H,3-8H2,1-2H3. The van der Waals surface area contributed by atoms with Gasteiger partial charge >= 0.3 is 6.09 Å². The molecule has 0 spiro atoms. The van der Waals surface area contributed by atoms with Gasteiger partial charge in [-0.25, -0.2) is 4.79 Å². The van der Waals surface area contributed by atoms with E-state index in [0.29, 0.717) is 19.6 Å². The highest BCUT2D eigenvalue weighted by Crippen LogP contribution is 2.01. The number of carbonyl (C=O) groups excluding carboxylic acids is 2. The van der Waals surface area contributed by atoms with Crippen LogP contribution < -0.4 is 0 Å². The van der Waals surface area contributed by atoms with Crippen molar-refractivity contribution in [2.75, 3.05) is 13.2 Å². The van der Waals surface area contributed by atoms with Gasteiger partial charge in [0.1, 0.15) is 0 Å². The molecule has 0 aliphatic rings. The quantitative estimate of drug-likeness (QED) is 0.468. The predicted octanol–water partition coefficient (Wildman–Crippen LogP) is 2.18. The molecule has 82 valence electrons. The summed E-state index contributed by atoms with van der Waals surface area (Å²) in [6.45, 7) is 4.60. The monoisotopic (exact) mass is 201 g/mol. The van der Waals surface area contributed by atoms with Crippen molar-refractivity contribution in [2.45, 2.75) is 39.5 Å². The third-order valence-electron chi connectivity index (χ3n) is 1.88. The Morgan fingerprint density at radius 1 is 1.29 bits per heavy atom. The van der Waals surface area contributed by atoms with Gasteiger partial charge in [0.15, 0.2) is 0 Å². The molecular weight excluding hydrogens is 182 g/mol. The maximum atomic E-state index is 11.1. The van der Waals surface area contributed by atoms with Crippen LogP contribution in [0.1, 0.15) is 39.5 Å². The van der Waals surface area contributed by atoms with Crippen LogP contribution in [0.3, 0.4) is 0 Å². The fraction of sp³-hybridized carbons (Fsp3) is 0.800. The van der Waals surface area contributed by atoms with Crippen LogP contribution >= 0.6 is 0 Å². The summed E-state index contributed by atoms with van der Waals surface area (Å²) in [6, 6.07) is 0. The van der Waals surface area contributed by atoms with Gasteiger partial charge in [-0.2, -0.15) is 0 Å². The summed E-state index contributed by atoms with van der Waals surface area (Å²) in [6.07, 6.45) is 4.16. The van der Waals surface area contributed by atoms with E-state index in [4.69, 9.17) is 4.74 Å².